The van der Waals surface area contributed by atoms with E-state index in [1.54, 1.807) is 6.92 Å². The summed E-state index contributed by atoms with van der Waals surface area (Å²) in [6.07, 6.45) is 0.109. The third-order valence-electron chi connectivity index (χ3n) is 1.37. The Hall–Kier alpha value is -0.900. The summed E-state index contributed by atoms with van der Waals surface area (Å²) in [4.78, 5) is 20.5. The zero-order chi connectivity index (χ0) is 8.36. The number of carbonyl (C=O) groups is 2. The van der Waals surface area contributed by atoms with E-state index in [2.05, 4.69) is 0 Å². The van der Waals surface area contributed by atoms with Crippen molar-refractivity contribution < 1.29 is 19.8 Å². The molecule has 0 saturated heterocycles. The van der Waals surface area contributed by atoms with E-state index in [0.29, 0.717) is 0 Å². The Morgan fingerprint density at radius 3 is 2.00 bits per heavy atom. The lowest BCUT2D eigenvalue weighted by atomic mass is 9.98. The monoisotopic (exact) mass is 146 g/mol. The zero-order valence-electron chi connectivity index (χ0n) is 5.92. The number of carboxylic acids is 1. The second kappa shape index (κ2) is 2.79. The van der Waals surface area contributed by atoms with E-state index in [0.717, 1.165) is 0 Å². The summed E-state index contributed by atoms with van der Waals surface area (Å²) >= 11 is 0. The fourth-order valence-corrected chi connectivity index (χ4v) is 0.391. The normalized spacial score (nSPS) is 15.9. The molecule has 58 valence electrons. The van der Waals surface area contributed by atoms with Crippen molar-refractivity contribution in [2.45, 2.75) is 25.9 Å². The first kappa shape index (κ1) is 9.10. The van der Waals surface area contributed by atoms with E-state index in [4.69, 9.17) is 10.2 Å². The minimum atomic E-state index is -1.72. The lowest BCUT2D eigenvalue weighted by Crippen LogP contribution is -2.39. The van der Waals surface area contributed by atoms with Crippen LogP contribution in [0.3, 0.4) is 0 Å². The van der Waals surface area contributed by atoms with Gasteiger partial charge in [-0.15, -0.1) is 0 Å². The molecule has 0 aromatic heterocycles. The molecule has 0 aliphatic rings. The fourth-order valence-electron chi connectivity index (χ4n) is 0.391. The van der Waals surface area contributed by atoms with Crippen LogP contribution in [0.4, 0.5) is 0 Å². The molecule has 0 aliphatic carbocycles. The number of carbonyl (C=O) groups excluding carboxylic acids is 1. The molecule has 0 unspecified atom stereocenters. The standard InChI is InChI=1S/C6H10O4/c1-3-6(2,10)4(7)5(8)9/h10H,3H2,1-2H3,(H,8,9)/t6-/m1/s1. The lowest BCUT2D eigenvalue weighted by molar-refractivity contribution is -0.158. The Bertz CT molecular complexity index is 159. The van der Waals surface area contributed by atoms with E-state index in [-0.39, 0.29) is 6.42 Å². The molecule has 0 bridgehead atoms. The van der Waals surface area contributed by atoms with Crippen LogP contribution in [0.5, 0.6) is 0 Å². The van der Waals surface area contributed by atoms with Crippen LogP contribution in [-0.2, 0) is 9.59 Å². The van der Waals surface area contributed by atoms with E-state index >= 15 is 0 Å². The molecular formula is C6H10O4. The molecule has 0 fully saturated rings. The molecule has 0 spiro atoms. The van der Waals surface area contributed by atoms with Crippen molar-refractivity contribution in [3.05, 3.63) is 0 Å². The number of ketones is 1. The molecule has 0 saturated carbocycles. The van der Waals surface area contributed by atoms with Gasteiger partial charge < -0.3 is 10.2 Å². The number of aliphatic hydroxyl groups is 1. The molecule has 4 heteroatoms. The molecule has 10 heavy (non-hydrogen) atoms. The van der Waals surface area contributed by atoms with Gasteiger partial charge in [-0.1, -0.05) is 6.92 Å². The summed E-state index contributed by atoms with van der Waals surface area (Å²) in [7, 11) is 0. The van der Waals surface area contributed by atoms with Gasteiger partial charge in [0.15, 0.2) is 0 Å². The van der Waals surface area contributed by atoms with Gasteiger partial charge in [0.1, 0.15) is 5.60 Å². The molecule has 1 atom stereocenters. The van der Waals surface area contributed by atoms with Gasteiger partial charge in [-0.25, -0.2) is 4.79 Å². The molecule has 0 aliphatic heterocycles. The molecule has 0 aromatic carbocycles. The van der Waals surface area contributed by atoms with Crippen LogP contribution in [0, 0.1) is 0 Å². The summed E-state index contributed by atoms with van der Waals surface area (Å²) in [6.45, 7) is 2.73. The second-order valence-corrected chi connectivity index (χ2v) is 2.26. The lowest BCUT2D eigenvalue weighted by Gasteiger charge is -2.15. The zero-order valence-corrected chi connectivity index (χ0v) is 5.92. The number of carboxylic acid groups (broad SMARTS) is 1. The molecular weight excluding hydrogens is 136 g/mol. The van der Waals surface area contributed by atoms with E-state index < -0.39 is 17.4 Å². The minimum absolute atomic E-state index is 0.109. The quantitative estimate of drug-likeness (QED) is 0.541. The minimum Gasteiger partial charge on any atom is -0.475 e. The highest BCUT2D eigenvalue weighted by Crippen LogP contribution is 2.09. The van der Waals surface area contributed by atoms with Crippen molar-refractivity contribution in [2.75, 3.05) is 0 Å². The highest BCUT2D eigenvalue weighted by molar-refractivity contribution is 6.35. The third-order valence-corrected chi connectivity index (χ3v) is 1.37. The van der Waals surface area contributed by atoms with Crippen LogP contribution in [0.25, 0.3) is 0 Å². The summed E-state index contributed by atoms with van der Waals surface area (Å²) < 4.78 is 0. The van der Waals surface area contributed by atoms with Gasteiger partial charge in [-0.2, -0.15) is 0 Å². The first-order valence-corrected chi connectivity index (χ1v) is 2.92. The average Bonchev–Trinajstić information content (AvgIpc) is 1.86. The van der Waals surface area contributed by atoms with Crippen molar-refractivity contribution in [2.24, 2.45) is 0 Å². The van der Waals surface area contributed by atoms with Gasteiger partial charge in [-0.05, 0) is 13.3 Å². The first-order valence-electron chi connectivity index (χ1n) is 2.92. The highest BCUT2D eigenvalue weighted by atomic mass is 16.4. The van der Waals surface area contributed by atoms with Crippen molar-refractivity contribution >= 4 is 11.8 Å². The molecule has 0 aromatic rings. The van der Waals surface area contributed by atoms with Gasteiger partial charge in [0.25, 0.3) is 5.78 Å². The second-order valence-electron chi connectivity index (χ2n) is 2.26. The fraction of sp³-hybridized carbons (Fsp3) is 0.667. The van der Waals surface area contributed by atoms with Gasteiger partial charge in [0.05, 0.1) is 0 Å². The highest BCUT2D eigenvalue weighted by Gasteiger charge is 2.33. The SMILES string of the molecule is CC[C@@](C)(O)C(=O)C(=O)O. The topological polar surface area (TPSA) is 74.6 Å². The number of hydrogen-bond acceptors (Lipinski definition) is 3. The molecule has 0 heterocycles. The molecule has 2 N–H and O–H groups in total. The van der Waals surface area contributed by atoms with Crippen molar-refractivity contribution in [1.82, 2.24) is 0 Å². The molecule has 0 radical (unpaired) electrons. The molecule has 0 rings (SSSR count). The summed E-state index contributed by atoms with van der Waals surface area (Å²) in [6, 6.07) is 0. The van der Waals surface area contributed by atoms with Gasteiger partial charge >= 0.3 is 5.97 Å². The maximum absolute atomic E-state index is 10.5. The van der Waals surface area contributed by atoms with Gasteiger partial charge in [-0.3, -0.25) is 4.79 Å². The van der Waals surface area contributed by atoms with Crippen LogP contribution >= 0.6 is 0 Å². The van der Waals surface area contributed by atoms with Crippen molar-refractivity contribution in [3.63, 3.8) is 0 Å². The van der Waals surface area contributed by atoms with E-state index in [1.807, 2.05) is 0 Å². The van der Waals surface area contributed by atoms with Gasteiger partial charge in [0.2, 0.25) is 0 Å². The van der Waals surface area contributed by atoms with Crippen LogP contribution in [0.15, 0.2) is 0 Å². The van der Waals surface area contributed by atoms with Gasteiger partial charge in [0, 0.05) is 0 Å². The Morgan fingerprint density at radius 1 is 1.50 bits per heavy atom. The van der Waals surface area contributed by atoms with Crippen molar-refractivity contribution in [3.8, 4) is 0 Å². The Balaban J connectivity index is 4.33. The summed E-state index contributed by atoms with van der Waals surface area (Å²) in [5.74, 6) is -2.75. The van der Waals surface area contributed by atoms with Crippen LogP contribution in [-0.4, -0.2) is 27.6 Å². The maximum atomic E-state index is 10.5. The first-order chi connectivity index (χ1) is 4.41. The van der Waals surface area contributed by atoms with Crippen LogP contribution in [0.1, 0.15) is 20.3 Å². The van der Waals surface area contributed by atoms with Crippen LogP contribution < -0.4 is 0 Å². The largest absolute Gasteiger partial charge is 0.475 e. The van der Waals surface area contributed by atoms with Crippen LogP contribution in [0.2, 0.25) is 0 Å². The Kier molecular flexibility index (Phi) is 2.54. The molecule has 0 amide bonds. The number of rotatable bonds is 3. The number of aliphatic carboxylic acids is 1. The van der Waals surface area contributed by atoms with E-state index in [1.165, 1.54) is 6.92 Å². The van der Waals surface area contributed by atoms with E-state index in [9.17, 15) is 9.59 Å². The summed E-state index contributed by atoms with van der Waals surface area (Å²) in [5, 5.41) is 17.2. The Morgan fingerprint density at radius 2 is 1.90 bits per heavy atom. The predicted molar refractivity (Wildman–Crippen MR) is 33.6 cm³/mol. The van der Waals surface area contributed by atoms with Crippen molar-refractivity contribution in [1.29, 1.82) is 0 Å². The maximum Gasteiger partial charge on any atom is 0.375 e. The Labute approximate surface area is 58.5 Å². The average molecular weight is 146 g/mol. The smallest absolute Gasteiger partial charge is 0.375 e. The molecule has 4 nitrogen and oxygen atoms in total. The predicted octanol–water partition coefficient (Wildman–Crippen LogP) is -0.199. The number of Topliss-reactive ketones (excluding diaryl/α,β-unsaturated/α-hetero) is 1. The third kappa shape index (κ3) is 1.80. The summed E-state index contributed by atoms with van der Waals surface area (Å²) in [5.41, 5.74) is -1.72. The number of hydrogen-bond donors (Lipinski definition) is 2.